The van der Waals surface area contributed by atoms with Crippen LogP contribution in [0.25, 0.3) is 5.76 Å². The lowest BCUT2D eigenvalue weighted by Crippen LogP contribution is -2.31. The van der Waals surface area contributed by atoms with E-state index in [9.17, 15) is 14.7 Å². The molecular weight excluding hydrogens is 534 g/mol. The molecule has 1 fully saturated rings. The van der Waals surface area contributed by atoms with Gasteiger partial charge in [0.2, 0.25) is 0 Å². The first-order valence-corrected chi connectivity index (χ1v) is 14.5. The Morgan fingerprint density at radius 2 is 1.71 bits per heavy atom. The molecule has 1 N–H and O–H groups in total. The minimum Gasteiger partial charge on any atom is -0.507 e. The Bertz CT molecular complexity index is 1460. The van der Waals surface area contributed by atoms with Gasteiger partial charge in [-0.1, -0.05) is 50.2 Å². The van der Waals surface area contributed by atoms with E-state index in [4.69, 9.17) is 18.9 Å². The van der Waals surface area contributed by atoms with Gasteiger partial charge in [-0.05, 0) is 67.1 Å². The van der Waals surface area contributed by atoms with Gasteiger partial charge in [-0.2, -0.15) is 0 Å². The van der Waals surface area contributed by atoms with Crippen LogP contribution in [0.15, 0.2) is 72.3 Å². The molecule has 2 aliphatic heterocycles. The second-order valence-corrected chi connectivity index (χ2v) is 10.8. The van der Waals surface area contributed by atoms with Crippen LogP contribution in [0.5, 0.6) is 23.0 Å². The molecular formula is C34H37NO7. The number of carbonyl (C=O) groups is 2. The van der Waals surface area contributed by atoms with Crippen LogP contribution in [0.3, 0.4) is 0 Å². The van der Waals surface area contributed by atoms with Gasteiger partial charge in [0.25, 0.3) is 11.7 Å². The second-order valence-electron chi connectivity index (χ2n) is 10.8. The number of hydrogen-bond donors (Lipinski definition) is 1. The lowest BCUT2D eigenvalue weighted by atomic mass is 9.94. The van der Waals surface area contributed by atoms with E-state index in [1.165, 1.54) is 4.90 Å². The Hall–Kier alpha value is -4.46. The number of likely N-dealkylation sites (tertiary alicyclic amines) is 1. The maximum Gasteiger partial charge on any atom is 0.295 e. The standard InChI is InChI=1S/C34H37NO7/c1-4-39-28-20-24(10-12-26(28)40-17-15-22(2)3)31-30(32(36)25-11-13-27-29(21-25)42-19-18-41-27)33(37)34(38)35(31)16-14-23-8-6-5-7-9-23/h5-13,20-22,31,36H,4,14-19H2,1-3H3/b32-30+. The lowest BCUT2D eigenvalue weighted by molar-refractivity contribution is -0.139. The van der Waals surface area contributed by atoms with Crippen molar-refractivity contribution in [2.24, 2.45) is 5.92 Å². The van der Waals surface area contributed by atoms with Crippen molar-refractivity contribution in [3.8, 4) is 23.0 Å². The monoisotopic (exact) mass is 571 g/mol. The summed E-state index contributed by atoms with van der Waals surface area (Å²) in [5.74, 6) is 0.966. The van der Waals surface area contributed by atoms with Crippen LogP contribution in [0.1, 0.15) is 49.9 Å². The van der Waals surface area contributed by atoms with Crippen LogP contribution >= 0.6 is 0 Å². The Balaban J connectivity index is 1.57. The average Bonchev–Trinajstić information content (AvgIpc) is 3.25. The zero-order chi connectivity index (χ0) is 29.6. The molecule has 0 radical (unpaired) electrons. The van der Waals surface area contributed by atoms with Crippen LogP contribution in [0, 0.1) is 5.92 Å². The Kier molecular flexibility index (Phi) is 9.00. The molecule has 1 saturated heterocycles. The van der Waals surface area contributed by atoms with E-state index in [2.05, 4.69) is 13.8 Å². The number of fused-ring (bicyclic) bond motifs is 1. The maximum atomic E-state index is 13.6. The third-order valence-electron chi connectivity index (χ3n) is 7.38. The molecule has 8 nitrogen and oxygen atoms in total. The van der Waals surface area contributed by atoms with Gasteiger partial charge in [-0.15, -0.1) is 0 Å². The first-order chi connectivity index (χ1) is 20.4. The normalized spacial score (nSPS) is 17.5. The highest BCUT2D eigenvalue weighted by molar-refractivity contribution is 6.46. The maximum absolute atomic E-state index is 13.6. The Morgan fingerprint density at radius 3 is 2.45 bits per heavy atom. The molecule has 0 bridgehead atoms. The Labute approximate surface area is 246 Å². The van der Waals surface area contributed by atoms with Gasteiger partial charge in [0.15, 0.2) is 23.0 Å². The fourth-order valence-corrected chi connectivity index (χ4v) is 5.18. The van der Waals surface area contributed by atoms with E-state index in [1.54, 1.807) is 24.3 Å². The van der Waals surface area contributed by atoms with Crippen molar-refractivity contribution in [3.05, 3.63) is 89.0 Å². The molecule has 8 heteroatoms. The third-order valence-corrected chi connectivity index (χ3v) is 7.38. The average molecular weight is 572 g/mol. The molecule has 3 aromatic carbocycles. The number of nitrogens with zero attached hydrogens (tertiary/aromatic N) is 1. The number of benzene rings is 3. The predicted octanol–water partition coefficient (Wildman–Crippen LogP) is 5.95. The van der Waals surface area contributed by atoms with Gasteiger partial charge >= 0.3 is 0 Å². The number of aliphatic hydroxyl groups is 1. The molecule has 1 unspecified atom stereocenters. The van der Waals surface area contributed by atoms with Crippen molar-refractivity contribution < 1.29 is 33.6 Å². The predicted molar refractivity (Wildman–Crippen MR) is 159 cm³/mol. The van der Waals surface area contributed by atoms with E-state index < -0.39 is 17.7 Å². The van der Waals surface area contributed by atoms with Crippen molar-refractivity contribution >= 4 is 17.4 Å². The Morgan fingerprint density at radius 1 is 0.952 bits per heavy atom. The number of Topliss-reactive ketones (excluding diaryl/α,β-unsaturated/α-hetero) is 1. The molecule has 220 valence electrons. The van der Waals surface area contributed by atoms with Gasteiger partial charge in [-0.25, -0.2) is 0 Å². The number of amides is 1. The van der Waals surface area contributed by atoms with Crippen molar-refractivity contribution in [1.82, 2.24) is 4.90 Å². The van der Waals surface area contributed by atoms with Gasteiger partial charge in [0, 0.05) is 12.1 Å². The molecule has 0 aromatic heterocycles. The fourth-order valence-electron chi connectivity index (χ4n) is 5.18. The van der Waals surface area contributed by atoms with E-state index in [1.807, 2.05) is 49.4 Å². The SMILES string of the molecule is CCOc1cc(C2/C(=C(\O)c3ccc4c(c3)OCCO4)C(=O)C(=O)N2CCc2ccccc2)ccc1OCCC(C)C. The number of hydrogen-bond acceptors (Lipinski definition) is 7. The van der Waals surface area contributed by atoms with Crippen molar-refractivity contribution in [2.75, 3.05) is 33.0 Å². The van der Waals surface area contributed by atoms with Crippen molar-refractivity contribution in [3.63, 3.8) is 0 Å². The molecule has 3 aromatic rings. The van der Waals surface area contributed by atoms with Gasteiger partial charge < -0.3 is 29.0 Å². The number of rotatable bonds is 11. The number of ether oxygens (including phenoxy) is 4. The molecule has 42 heavy (non-hydrogen) atoms. The summed E-state index contributed by atoms with van der Waals surface area (Å²) in [7, 11) is 0. The highest BCUT2D eigenvalue weighted by atomic mass is 16.6. The van der Waals surface area contributed by atoms with E-state index in [0.29, 0.717) is 72.9 Å². The van der Waals surface area contributed by atoms with Crippen LogP contribution < -0.4 is 18.9 Å². The topological polar surface area (TPSA) is 94.5 Å². The van der Waals surface area contributed by atoms with Gasteiger partial charge in [-0.3, -0.25) is 9.59 Å². The molecule has 1 atom stereocenters. The van der Waals surface area contributed by atoms with Crippen molar-refractivity contribution in [2.45, 2.75) is 39.7 Å². The molecule has 1 amide bonds. The van der Waals surface area contributed by atoms with Gasteiger partial charge in [0.1, 0.15) is 19.0 Å². The zero-order valence-corrected chi connectivity index (χ0v) is 24.3. The second kappa shape index (κ2) is 13.0. The quantitative estimate of drug-likeness (QED) is 0.173. The van der Waals surface area contributed by atoms with Crippen molar-refractivity contribution in [1.29, 1.82) is 0 Å². The number of aliphatic hydroxyl groups excluding tert-OH is 1. The first kappa shape index (κ1) is 29.0. The van der Waals surface area contributed by atoms with Crippen LogP contribution in [-0.4, -0.2) is 54.7 Å². The zero-order valence-electron chi connectivity index (χ0n) is 24.3. The number of ketones is 1. The van der Waals surface area contributed by atoms with Crippen LogP contribution in [0.4, 0.5) is 0 Å². The van der Waals surface area contributed by atoms with E-state index in [-0.39, 0.29) is 17.9 Å². The summed E-state index contributed by atoms with van der Waals surface area (Å²) in [4.78, 5) is 28.6. The number of carbonyl (C=O) groups excluding carboxylic acids is 2. The first-order valence-electron chi connectivity index (χ1n) is 14.5. The fraction of sp³-hybridized carbons (Fsp3) is 0.353. The van der Waals surface area contributed by atoms with E-state index in [0.717, 1.165) is 12.0 Å². The smallest absolute Gasteiger partial charge is 0.295 e. The molecule has 0 spiro atoms. The van der Waals surface area contributed by atoms with Crippen LogP contribution in [-0.2, 0) is 16.0 Å². The summed E-state index contributed by atoms with van der Waals surface area (Å²) >= 11 is 0. The minimum atomic E-state index is -0.828. The molecule has 2 heterocycles. The summed E-state index contributed by atoms with van der Waals surface area (Å²) < 4.78 is 23.3. The third kappa shape index (κ3) is 6.22. The molecule has 2 aliphatic rings. The summed E-state index contributed by atoms with van der Waals surface area (Å²) in [6, 6.07) is 19.4. The summed E-state index contributed by atoms with van der Waals surface area (Å²) in [5.41, 5.74) is 2.06. The highest BCUT2D eigenvalue weighted by Gasteiger charge is 2.46. The van der Waals surface area contributed by atoms with E-state index >= 15 is 0 Å². The highest BCUT2D eigenvalue weighted by Crippen LogP contribution is 2.43. The summed E-state index contributed by atoms with van der Waals surface area (Å²) in [6.07, 6.45) is 1.44. The molecule has 0 aliphatic carbocycles. The molecule has 5 rings (SSSR count). The molecule has 0 saturated carbocycles. The minimum absolute atomic E-state index is 0.0145. The van der Waals surface area contributed by atoms with Gasteiger partial charge in [0.05, 0.1) is 24.8 Å². The summed E-state index contributed by atoms with van der Waals surface area (Å²) in [5, 5.41) is 11.6. The lowest BCUT2D eigenvalue weighted by Gasteiger charge is -2.26. The summed E-state index contributed by atoms with van der Waals surface area (Å²) in [6.45, 7) is 8.21. The van der Waals surface area contributed by atoms with Crippen LogP contribution in [0.2, 0.25) is 0 Å². The largest absolute Gasteiger partial charge is 0.507 e.